The third kappa shape index (κ3) is 4.14. The van der Waals surface area contributed by atoms with Gasteiger partial charge in [0.1, 0.15) is 4.83 Å². The van der Waals surface area contributed by atoms with E-state index in [1.807, 2.05) is 36.5 Å². The largest absolute Gasteiger partial charge is 0.338 e. The molecule has 0 spiro atoms. The molecule has 1 amide bonds. The third-order valence-electron chi connectivity index (χ3n) is 5.61. The van der Waals surface area contributed by atoms with Gasteiger partial charge in [-0.05, 0) is 50.8 Å². The lowest BCUT2D eigenvalue weighted by Crippen LogP contribution is -2.43. The molecule has 3 aromatic rings. The molecule has 160 valence electrons. The van der Waals surface area contributed by atoms with Gasteiger partial charge in [0.2, 0.25) is 10.0 Å². The van der Waals surface area contributed by atoms with Crippen LogP contribution in [0.4, 0.5) is 0 Å². The lowest BCUT2D eigenvalue weighted by Gasteiger charge is -2.32. The number of fused-ring (bicyclic) bond motifs is 1. The second-order valence-electron chi connectivity index (χ2n) is 7.96. The van der Waals surface area contributed by atoms with Crippen molar-refractivity contribution in [3.8, 4) is 0 Å². The summed E-state index contributed by atoms with van der Waals surface area (Å²) in [6, 6.07) is 8.74. The lowest BCUT2D eigenvalue weighted by molar-refractivity contribution is 0.0681. The highest BCUT2D eigenvalue weighted by Crippen LogP contribution is 2.29. The zero-order valence-corrected chi connectivity index (χ0v) is 19.0. The van der Waals surface area contributed by atoms with Crippen molar-refractivity contribution in [3.05, 3.63) is 46.5 Å². The highest BCUT2D eigenvalue weighted by atomic mass is 32.2. The van der Waals surface area contributed by atoms with Crippen LogP contribution in [-0.2, 0) is 17.1 Å². The fourth-order valence-corrected chi connectivity index (χ4v) is 6.12. The summed E-state index contributed by atoms with van der Waals surface area (Å²) in [5.74, 6) is 0.113. The van der Waals surface area contributed by atoms with E-state index >= 15 is 0 Å². The van der Waals surface area contributed by atoms with Gasteiger partial charge in [-0.1, -0.05) is 17.7 Å². The number of amides is 1. The molecule has 30 heavy (non-hydrogen) atoms. The molecule has 0 aliphatic carbocycles. The summed E-state index contributed by atoms with van der Waals surface area (Å²) in [4.78, 5) is 16.9. The van der Waals surface area contributed by atoms with Crippen LogP contribution in [0.25, 0.3) is 10.2 Å². The Bertz CT molecular complexity index is 1140. The van der Waals surface area contributed by atoms with Crippen molar-refractivity contribution in [1.82, 2.24) is 19.4 Å². The smallest absolute Gasteiger partial charge is 0.264 e. The fraction of sp³-hybridized carbons (Fsp3) is 0.429. The first kappa shape index (κ1) is 21.0. The van der Waals surface area contributed by atoms with Gasteiger partial charge < -0.3 is 4.90 Å². The van der Waals surface area contributed by atoms with Gasteiger partial charge >= 0.3 is 0 Å². The van der Waals surface area contributed by atoms with E-state index in [9.17, 15) is 13.2 Å². The van der Waals surface area contributed by atoms with Crippen LogP contribution in [-0.4, -0.2) is 48.6 Å². The van der Waals surface area contributed by atoms with Crippen LogP contribution in [0.1, 0.15) is 33.8 Å². The van der Waals surface area contributed by atoms with E-state index < -0.39 is 10.0 Å². The van der Waals surface area contributed by atoms with E-state index in [0.717, 1.165) is 34.3 Å². The van der Waals surface area contributed by atoms with Crippen molar-refractivity contribution < 1.29 is 13.2 Å². The molecule has 1 aliphatic rings. The van der Waals surface area contributed by atoms with Gasteiger partial charge in [-0.15, -0.1) is 11.3 Å². The Kier molecular flexibility index (Phi) is 5.69. The van der Waals surface area contributed by atoms with E-state index in [2.05, 4.69) is 9.82 Å². The number of aryl methyl sites for hydroxylation is 3. The number of carbonyl (C=O) groups excluding carboxylic acids is 1. The second kappa shape index (κ2) is 8.13. The number of thiophene rings is 1. The van der Waals surface area contributed by atoms with Crippen LogP contribution in [0.5, 0.6) is 0 Å². The monoisotopic (exact) mass is 446 g/mol. The van der Waals surface area contributed by atoms with Crippen molar-refractivity contribution in [2.24, 2.45) is 13.0 Å². The van der Waals surface area contributed by atoms with Crippen LogP contribution in [0.15, 0.2) is 35.2 Å². The molecule has 1 saturated heterocycles. The molecule has 3 heterocycles. The van der Waals surface area contributed by atoms with Crippen molar-refractivity contribution in [2.45, 2.75) is 31.6 Å². The minimum atomic E-state index is -3.55. The molecule has 1 N–H and O–H groups in total. The molecule has 1 atom stereocenters. The number of hydrogen-bond donors (Lipinski definition) is 1. The fourth-order valence-electron chi connectivity index (χ4n) is 3.91. The molecule has 2 aromatic heterocycles. The Hall–Kier alpha value is -2.23. The number of nitrogens with zero attached hydrogens (tertiary/aromatic N) is 3. The van der Waals surface area contributed by atoms with Crippen molar-refractivity contribution >= 4 is 37.5 Å². The zero-order chi connectivity index (χ0) is 21.5. The van der Waals surface area contributed by atoms with Crippen LogP contribution in [0, 0.1) is 19.8 Å². The summed E-state index contributed by atoms with van der Waals surface area (Å²) in [5, 5.41) is 5.41. The summed E-state index contributed by atoms with van der Waals surface area (Å²) < 4.78 is 29.6. The maximum Gasteiger partial charge on any atom is 0.264 e. The Morgan fingerprint density at radius 3 is 2.70 bits per heavy atom. The molecule has 1 aliphatic heterocycles. The van der Waals surface area contributed by atoms with Crippen LogP contribution >= 0.6 is 11.3 Å². The van der Waals surface area contributed by atoms with Gasteiger partial charge in [0, 0.05) is 32.1 Å². The highest BCUT2D eigenvalue weighted by molar-refractivity contribution is 7.89. The minimum Gasteiger partial charge on any atom is -0.338 e. The number of carbonyl (C=O) groups is 1. The van der Waals surface area contributed by atoms with Crippen LogP contribution in [0.2, 0.25) is 0 Å². The zero-order valence-electron chi connectivity index (χ0n) is 17.4. The number of benzene rings is 1. The molecular weight excluding hydrogens is 420 g/mol. The summed E-state index contributed by atoms with van der Waals surface area (Å²) in [7, 11) is -1.66. The number of nitrogens with one attached hydrogen (secondary N) is 1. The van der Waals surface area contributed by atoms with Gasteiger partial charge in [-0.25, -0.2) is 13.1 Å². The van der Waals surface area contributed by atoms with E-state index in [1.165, 1.54) is 11.3 Å². The topological polar surface area (TPSA) is 84.3 Å². The molecule has 4 rings (SSSR count). The third-order valence-corrected chi connectivity index (χ3v) is 8.24. The van der Waals surface area contributed by atoms with Gasteiger partial charge in [0.25, 0.3) is 5.91 Å². The Morgan fingerprint density at radius 1 is 1.27 bits per heavy atom. The molecular formula is C21H26N4O3S2. The molecule has 1 unspecified atom stereocenters. The summed E-state index contributed by atoms with van der Waals surface area (Å²) in [5.41, 5.74) is 1.94. The first-order chi connectivity index (χ1) is 14.2. The summed E-state index contributed by atoms with van der Waals surface area (Å²) in [6.45, 7) is 5.45. The van der Waals surface area contributed by atoms with E-state index in [1.54, 1.807) is 24.3 Å². The second-order valence-corrected chi connectivity index (χ2v) is 10.8. The predicted molar refractivity (Wildman–Crippen MR) is 118 cm³/mol. The normalized spacial score (nSPS) is 17.6. The number of rotatable bonds is 5. The number of sulfonamides is 1. The molecule has 0 saturated carbocycles. The predicted octanol–water partition coefficient (Wildman–Crippen LogP) is 3.08. The Labute approximate surface area is 180 Å². The minimum absolute atomic E-state index is 0.0155. The number of hydrogen-bond acceptors (Lipinski definition) is 5. The summed E-state index contributed by atoms with van der Waals surface area (Å²) >= 11 is 1.46. The quantitative estimate of drug-likeness (QED) is 0.653. The lowest BCUT2D eigenvalue weighted by atomic mass is 9.98. The number of likely N-dealkylation sites (tertiary alicyclic amines) is 1. The SMILES string of the molecule is Cc1ccc(S(=O)(=O)NCC2CCCN(C(=O)c3cc4c(C)nn(C)c4s3)C2)cc1. The van der Waals surface area contributed by atoms with Crippen LogP contribution in [0.3, 0.4) is 0 Å². The first-order valence-corrected chi connectivity index (χ1v) is 12.3. The first-order valence-electron chi connectivity index (χ1n) is 10.0. The van der Waals surface area contributed by atoms with Gasteiger partial charge in [0.05, 0.1) is 15.5 Å². The molecule has 0 bridgehead atoms. The molecule has 9 heteroatoms. The van der Waals surface area contributed by atoms with Crippen LogP contribution < -0.4 is 4.72 Å². The summed E-state index contributed by atoms with van der Waals surface area (Å²) in [6.07, 6.45) is 1.77. The van der Waals surface area contributed by atoms with E-state index in [4.69, 9.17) is 0 Å². The van der Waals surface area contributed by atoms with Gasteiger partial charge in [-0.2, -0.15) is 5.10 Å². The molecule has 0 radical (unpaired) electrons. The Morgan fingerprint density at radius 2 is 2.00 bits per heavy atom. The molecule has 7 nitrogen and oxygen atoms in total. The van der Waals surface area contributed by atoms with Crippen molar-refractivity contribution in [2.75, 3.05) is 19.6 Å². The van der Waals surface area contributed by atoms with Crippen molar-refractivity contribution in [1.29, 1.82) is 0 Å². The highest BCUT2D eigenvalue weighted by Gasteiger charge is 2.27. The number of aromatic nitrogens is 2. The van der Waals surface area contributed by atoms with Gasteiger partial charge in [-0.3, -0.25) is 9.48 Å². The van der Waals surface area contributed by atoms with E-state index in [-0.39, 0.29) is 16.7 Å². The Balaban J connectivity index is 1.41. The maximum absolute atomic E-state index is 13.1. The maximum atomic E-state index is 13.1. The average molecular weight is 447 g/mol. The van der Waals surface area contributed by atoms with Gasteiger partial charge in [0.15, 0.2) is 0 Å². The molecule has 1 aromatic carbocycles. The van der Waals surface area contributed by atoms with Crippen molar-refractivity contribution in [3.63, 3.8) is 0 Å². The standard InChI is InChI=1S/C21H26N4O3S2/c1-14-6-8-17(9-7-14)30(27,28)22-12-16-5-4-10-25(13-16)20(26)19-11-18-15(2)23-24(3)21(18)29-19/h6-9,11,16,22H,4-5,10,12-13H2,1-3H3. The average Bonchev–Trinajstić information content (AvgIpc) is 3.28. The van der Waals surface area contributed by atoms with E-state index in [0.29, 0.717) is 24.5 Å². The molecule has 1 fully saturated rings. The number of piperidine rings is 1.